The molecule has 0 heterocycles. The number of likely N-dealkylation sites (N-methyl/N-ethyl adjacent to an activating group) is 1. The molecular weight excluding hydrogens is 407 g/mol. The van der Waals surface area contributed by atoms with Crippen LogP contribution in [0.15, 0.2) is 24.3 Å². The Hall–Kier alpha value is -0.700. The van der Waals surface area contributed by atoms with Crippen molar-refractivity contribution in [1.29, 1.82) is 0 Å². The second-order valence-electron chi connectivity index (χ2n) is 6.69. The van der Waals surface area contributed by atoms with E-state index in [-0.39, 0.29) is 17.9 Å². The van der Waals surface area contributed by atoms with Crippen molar-refractivity contribution in [2.45, 2.75) is 26.2 Å². The van der Waals surface area contributed by atoms with Crippen molar-refractivity contribution in [2.24, 2.45) is 11.1 Å². The number of rotatable bonds is 8. The summed E-state index contributed by atoms with van der Waals surface area (Å²) in [5.74, 6) is -0.146. The van der Waals surface area contributed by atoms with Gasteiger partial charge in [0.2, 0.25) is 0 Å². The molecule has 0 fully saturated rings. The number of amides is 1. The van der Waals surface area contributed by atoms with Crippen LogP contribution in [-0.4, -0.2) is 44.9 Å². The van der Waals surface area contributed by atoms with Gasteiger partial charge in [0, 0.05) is 16.0 Å². The van der Waals surface area contributed by atoms with Gasteiger partial charge in [0.15, 0.2) is 0 Å². The van der Waals surface area contributed by atoms with Crippen LogP contribution in [-0.2, 0) is 19.8 Å². The number of halogens is 1. The van der Waals surface area contributed by atoms with E-state index < -0.39 is 5.41 Å². The summed E-state index contributed by atoms with van der Waals surface area (Å²) in [4.78, 5) is 17.9. The Balaban J connectivity index is 3.04. The SMILES string of the molecule is CON(C)C(=O)C(C)(COCC(C)(C)CN)c1cccc(I)c1. The van der Waals surface area contributed by atoms with Crippen LogP contribution >= 0.6 is 22.6 Å². The van der Waals surface area contributed by atoms with Crippen molar-refractivity contribution < 1.29 is 14.4 Å². The van der Waals surface area contributed by atoms with Gasteiger partial charge in [0.1, 0.15) is 0 Å². The van der Waals surface area contributed by atoms with Gasteiger partial charge in [-0.05, 0) is 53.8 Å². The molecule has 1 rings (SSSR count). The van der Waals surface area contributed by atoms with Crippen LogP contribution in [0.5, 0.6) is 0 Å². The van der Waals surface area contributed by atoms with Crippen molar-refractivity contribution in [2.75, 3.05) is 33.9 Å². The fourth-order valence-electron chi connectivity index (χ4n) is 2.12. The Morgan fingerprint density at radius 2 is 1.96 bits per heavy atom. The smallest absolute Gasteiger partial charge is 0.258 e. The first-order chi connectivity index (χ1) is 10.7. The van der Waals surface area contributed by atoms with Crippen LogP contribution in [0.4, 0.5) is 0 Å². The summed E-state index contributed by atoms with van der Waals surface area (Å²) >= 11 is 2.24. The normalized spacial score (nSPS) is 14.4. The van der Waals surface area contributed by atoms with Crippen LogP contribution < -0.4 is 5.73 Å². The maximum Gasteiger partial charge on any atom is 0.258 e. The van der Waals surface area contributed by atoms with Gasteiger partial charge in [-0.25, -0.2) is 5.06 Å². The second-order valence-corrected chi connectivity index (χ2v) is 7.93. The lowest BCUT2D eigenvalue weighted by atomic mass is 9.82. The molecule has 0 spiro atoms. The van der Waals surface area contributed by atoms with Crippen molar-refractivity contribution in [3.63, 3.8) is 0 Å². The zero-order valence-electron chi connectivity index (χ0n) is 14.6. The van der Waals surface area contributed by atoms with Crippen molar-refractivity contribution in [3.05, 3.63) is 33.4 Å². The third kappa shape index (κ3) is 5.41. The van der Waals surface area contributed by atoms with E-state index in [0.717, 1.165) is 9.13 Å². The molecule has 1 aromatic rings. The fraction of sp³-hybridized carbons (Fsp3) is 0.588. The lowest BCUT2D eigenvalue weighted by molar-refractivity contribution is -0.177. The summed E-state index contributed by atoms with van der Waals surface area (Å²) in [5, 5.41) is 1.25. The van der Waals surface area contributed by atoms with E-state index in [0.29, 0.717) is 13.2 Å². The lowest BCUT2D eigenvalue weighted by Gasteiger charge is -2.33. The van der Waals surface area contributed by atoms with Gasteiger partial charge in [0.25, 0.3) is 5.91 Å². The van der Waals surface area contributed by atoms with Crippen LogP contribution in [0.3, 0.4) is 0 Å². The van der Waals surface area contributed by atoms with E-state index in [1.54, 1.807) is 7.05 Å². The van der Waals surface area contributed by atoms with E-state index in [4.69, 9.17) is 15.3 Å². The number of nitrogens with two attached hydrogens (primary N) is 1. The first-order valence-corrected chi connectivity index (χ1v) is 8.60. The Kier molecular flexibility index (Phi) is 7.44. The highest BCUT2D eigenvalue weighted by atomic mass is 127. The van der Waals surface area contributed by atoms with E-state index in [1.165, 1.54) is 12.2 Å². The lowest BCUT2D eigenvalue weighted by Crippen LogP contribution is -2.46. The molecule has 0 radical (unpaired) electrons. The standard InChI is InChI=1S/C17H27IN2O3/c1-16(2,10-19)11-23-12-17(3,15(21)20(4)22-5)13-7-6-8-14(18)9-13/h6-9H,10-12,19H2,1-5H3. The number of nitrogens with zero attached hydrogens (tertiary/aromatic N) is 1. The molecule has 0 aliphatic carbocycles. The Bertz CT molecular complexity index is 536. The van der Waals surface area contributed by atoms with Gasteiger partial charge in [0.05, 0.1) is 25.7 Å². The molecule has 2 N–H and O–H groups in total. The monoisotopic (exact) mass is 434 g/mol. The number of benzene rings is 1. The first kappa shape index (κ1) is 20.3. The van der Waals surface area contributed by atoms with Crippen LogP contribution in [0.1, 0.15) is 26.3 Å². The minimum Gasteiger partial charge on any atom is -0.379 e. The van der Waals surface area contributed by atoms with Crippen LogP contribution in [0.25, 0.3) is 0 Å². The largest absolute Gasteiger partial charge is 0.379 e. The molecule has 0 aliphatic rings. The molecule has 1 unspecified atom stereocenters. The molecule has 0 aromatic heterocycles. The number of ether oxygens (including phenoxy) is 1. The third-order valence-corrected chi connectivity index (χ3v) is 4.60. The Morgan fingerprint density at radius 3 is 2.48 bits per heavy atom. The molecule has 1 atom stereocenters. The Morgan fingerprint density at radius 1 is 1.30 bits per heavy atom. The molecule has 1 aromatic carbocycles. The van der Waals surface area contributed by atoms with Gasteiger partial charge < -0.3 is 10.5 Å². The average molecular weight is 434 g/mol. The zero-order chi connectivity index (χ0) is 17.7. The zero-order valence-corrected chi connectivity index (χ0v) is 16.7. The summed E-state index contributed by atoms with van der Waals surface area (Å²) in [5.41, 5.74) is 5.70. The summed E-state index contributed by atoms with van der Waals surface area (Å²) in [6.45, 7) is 7.25. The second kappa shape index (κ2) is 8.41. The van der Waals surface area contributed by atoms with E-state index in [2.05, 4.69) is 22.6 Å². The maximum atomic E-state index is 12.8. The summed E-state index contributed by atoms with van der Waals surface area (Å²) < 4.78 is 6.95. The fourth-order valence-corrected chi connectivity index (χ4v) is 2.66. The maximum absolute atomic E-state index is 12.8. The van der Waals surface area contributed by atoms with Gasteiger partial charge in [-0.1, -0.05) is 26.0 Å². The highest BCUT2D eigenvalue weighted by Crippen LogP contribution is 2.29. The quantitative estimate of drug-likeness (QED) is 0.505. The van der Waals surface area contributed by atoms with Crippen LogP contribution in [0.2, 0.25) is 0 Å². The molecule has 130 valence electrons. The highest BCUT2D eigenvalue weighted by Gasteiger charge is 2.39. The van der Waals surface area contributed by atoms with Crippen LogP contribution in [0, 0.1) is 8.99 Å². The van der Waals surface area contributed by atoms with E-state index >= 15 is 0 Å². The molecular formula is C17H27IN2O3. The average Bonchev–Trinajstić information content (AvgIpc) is 2.53. The van der Waals surface area contributed by atoms with E-state index in [9.17, 15) is 4.79 Å². The molecule has 0 saturated heterocycles. The number of carbonyl (C=O) groups is 1. The molecule has 0 bridgehead atoms. The Labute approximate surface area is 152 Å². The highest BCUT2D eigenvalue weighted by molar-refractivity contribution is 14.1. The number of hydroxylamine groups is 2. The molecule has 5 nitrogen and oxygen atoms in total. The predicted molar refractivity (Wildman–Crippen MR) is 99.9 cm³/mol. The van der Waals surface area contributed by atoms with Gasteiger partial charge in [-0.2, -0.15) is 0 Å². The van der Waals surface area contributed by atoms with Gasteiger partial charge in [-0.15, -0.1) is 0 Å². The first-order valence-electron chi connectivity index (χ1n) is 7.52. The minimum absolute atomic E-state index is 0.123. The van der Waals surface area contributed by atoms with Crippen molar-refractivity contribution >= 4 is 28.5 Å². The molecule has 1 amide bonds. The molecule has 6 heteroatoms. The van der Waals surface area contributed by atoms with Gasteiger partial charge in [-0.3, -0.25) is 9.63 Å². The topological polar surface area (TPSA) is 64.8 Å². The predicted octanol–water partition coefficient (Wildman–Crippen LogP) is 2.57. The number of hydrogen-bond donors (Lipinski definition) is 1. The number of carbonyl (C=O) groups excluding carboxylic acids is 1. The molecule has 0 saturated carbocycles. The summed E-state index contributed by atoms with van der Waals surface area (Å²) in [6, 6.07) is 7.88. The minimum atomic E-state index is -0.823. The molecule has 23 heavy (non-hydrogen) atoms. The van der Waals surface area contributed by atoms with Crippen molar-refractivity contribution in [1.82, 2.24) is 5.06 Å². The summed E-state index contributed by atoms with van der Waals surface area (Å²) in [6.07, 6.45) is 0. The van der Waals surface area contributed by atoms with Crippen molar-refractivity contribution in [3.8, 4) is 0 Å². The number of hydrogen-bond acceptors (Lipinski definition) is 4. The van der Waals surface area contributed by atoms with Gasteiger partial charge >= 0.3 is 0 Å². The molecule has 0 aliphatic heterocycles. The summed E-state index contributed by atoms with van der Waals surface area (Å²) in [7, 11) is 3.09. The third-order valence-electron chi connectivity index (χ3n) is 3.93. The van der Waals surface area contributed by atoms with E-state index in [1.807, 2.05) is 45.0 Å².